The largest absolute Gasteiger partial charge is 0.253 e. The first kappa shape index (κ1) is 11.1. The summed E-state index contributed by atoms with van der Waals surface area (Å²) in [5, 5.41) is -0.724. The van der Waals surface area contributed by atoms with Gasteiger partial charge in [0.1, 0.15) is 5.52 Å². The number of hydrogen-bond acceptors (Lipinski definition) is 1. The molecule has 0 saturated carbocycles. The lowest BCUT2D eigenvalue weighted by atomic mass is 10.1. The molecule has 0 radical (unpaired) electrons. The number of fused-ring (bicyclic) bond motifs is 1. The van der Waals surface area contributed by atoms with Gasteiger partial charge in [-0.3, -0.25) is 4.98 Å². The third-order valence-corrected chi connectivity index (χ3v) is 2.68. The zero-order valence-electron chi connectivity index (χ0n) is 7.91. The quantitative estimate of drug-likeness (QED) is 0.394. The van der Waals surface area contributed by atoms with Crippen molar-refractivity contribution in [3.05, 3.63) is 40.1 Å². The molecule has 2 aromatic rings. The standard InChI is InChI=1S/C10H4ClF4N/c1-3-2-16-10-4(5(3)11)6(12)7(13)8(14)9(10)15/h2H,1H3. The van der Waals surface area contributed by atoms with Crippen LogP contribution in [0.1, 0.15) is 5.56 Å². The topological polar surface area (TPSA) is 12.9 Å². The first-order valence-corrected chi connectivity index (χ1v) is 4.59. The van der Waals surface area contributed by atoms with Crippen LogP contribution in [0.25, 0.3) is 10.9 Å². The van der Waals surface area contributed by atoms with Gasteiger partial charge in [0.15, 0.2) is 23.3 Å². The molecule has 0 N–H and O–H groups in total. The van der Waals surface area contributed by atoms with Crippen LogP contribution >= 0.6 is 11.6 Å². The Morgan fingerprint density at radius 1 is 1.00 bits per heavy atom. The zero-order chi connectivity index (χ0) is 12.0. The van der Waals surface area contributed by atoms with Crippen LogP contribution in [0.5, 0.6) is 0 Å². The molecular weight excluding hydrogens is 246 g/mol. The van der Waals surface area contributed by atoms with Crippen molar-refractivity contribution in [3.63, 3.8) is 0 Å². The van der Waals surface area contributed by atoms with Gasteiger partial charge < -0.3 is 0 Å². The van der Waals surface area contributed by atoms with Gasteiger partial charge in [0.2, 0.25) is 0 Å². The van der Waals surface area contributed by atoms with Crippen molar-refractivity contribution in [2.24, 2.45) is 0 Å². The maximum atomic E-state index is 13.4. The number of rotatable bonds is 0. The summed E-state index contributed by atoms with van der Waals surface area (Å²) in [5.74, 6) is -6.86. The number of aromatic nitrogens is 1. The predicted octanol–water partition coefficient (Wildman–Crippen LogP) is 3.75. The van der Waals surface area contributed by atoms with E-state index in [9.17, 15) is 17.6 Å². The Labute approximate surface area is 92.7 Å². The van der Waals surface area contributed by atoms with E-state index < -0.39 is 34.2 Å². The summed E-state index contributed by atoms with van der Waals surface area (Å²) in [6, 6.07) is 0. The first-order chi connectivity index (χ1) is 7.45. The molecule has 1 heterocycles. The van der Waals surface area contributed by atoms with Gasteiger partial charge >= 0.3 is 0 Å². The van der Waals surface area contributed by atoms with E-state index in [1.165, 1.54) is 6.92 Å². The van der Waals surface area contributed by atoms with Gasteiger partial charge in [-0.05, 0) is 12.5 Å². The normalized spacial score (nSPS) is 11.1. The Balaban J connectivity index is 3.09. The Kier molecular flexibility index (Phi) is 2.50. The van der Waals surface area contributed by atoms with E-state index in [0.717, 1.165) is 6.20 Å². The van der Waals surface area contributed by atoms with E-state index in [2.05, 4.69) is 4.98 Å². The molecule has 84 valence electrons. The minimum atomic E-state index is -1.89. The van der Waals surface area contributed by atoms with E-state index in [1.54, 1.807) is 0 Å². The molecular formula is C10H4ClF4N. The molecule has 0 fully saturated rings. The predicted molar refractivity (Wildman–Crippen MR) is 51.3 cm³/mol. The Hall–Kier alpha value is -1.36. The third kappa shape index (κ3) is 1.35. The van der Waals surface area contributed by atoms with Crippen LogP contribution < -0.4 is 0 Å². The van der Waals surface area contributed by atoms with Gasteiger partial charge in [0.25, 0.3) is 0 Å². The fourth-order valence-corrected chi connectivity index (χ4v) is 1.58. The van der Waals surface area contributed by atoms with Crippen molar-refractivity contribution in [1.82, 2.24) is 4.98 Å². The van der Waals surface area contributed by atoms with Gasteiger partial charge in [-0.15, -0.1) is 0 Å². The molecule has 1 nitrogen and oxygen atoms in total. The second-order valence-corrected chi connectivity index (χ2v) is 3.61. The summed E-state index contributed by atoms with van der Waals surface area (Å²) in [5.41, 5.74) is -0.273. The van der Waals surface area contributed by atoms with E-state index in [4.69, 9.17) is 11.6 Å². The summed E-state index contributed by atoms with van der Waals surface area (Å²) in [6.07, 6.45) is 1.16. The highest BCUT2D eigenvalue weighted by Crippen LogP contribution is 2.32. The second-order valence-electron chi connectivity index (χ2n) is 3.23. The molecule has 0 unspecified atom stereocenters. The summed E-state index contributed by atoms with van der Waals surface area (Å²) in [4.78, 5) is 3.50. The molecule has 0 amide bonds. The fourth-order valence-electron chi connectivity index (χ4n) is 1.36. The number of pyridine rings is 1. The summed E-state index contributed by atoms with van der Waals surface area (Å²) in [7, 11) is 0. The van der Waals surface area contributed by atoms with Crippen molar-refractivity contribution in [2.75, 3.05) is 0 Å². The SMILES string of the molecule is Cc1cnc2c(F)c(F)c(F)c(F)c2c1Cl. The highest BCUT2D eigenvalue weighted by molar-refractivity contribution is 6.36. The Bertz CT molecular complexity index is 597. The lowest BCUT2D eigenvalue weighted by Gasteiger charge is -2.07. The molecule has 0 aliphatic rings. The average Bonchev–Trinajstić information content (AvgIpc) is 2.27. The summed E-state index contributed by atoms with van der Waals surface area (Å²) in [6.45, 7) is 1.49. The second kappa shape index (κ2) is 3.59. The molecule has 1 aromatic heterocycles. The summed E-state index contributed by atoms with van der Waals surface area (Å²) >= 11 is 5.69. The van der Waals surface area contributed by atoms with Crippen molar-refractivity contribution in [3.8, 4) is 0 Å². The molecule has 6 heteroatoms. The molecule has 0 saturated heterocycles. The number of nitrogens with zero attached hydrogens (tertiary/aromatic N) is 1. The fraction of sp³-hybridized carbons (Fsp3) is 0.100. The maximum absolute atomic E-state index is 13.4. The monoisotopic (exact) mass is 249 g/mol. The molecule has 1 aromatic carbocycles. The maximum Gasteiger partial charge on any atom is 0.199 e. The van der Waals surface area contributed by atoms with Crippen LogP contribution in [-0.4, -0.2) is 4.98 Å². The van der Waals surface area contributed by atoms with Gasteiger partial charge in [0.05, 0.1) is 10.4 Å². The lowest BCUT2D eigenvalue weighted by Crippen LogP contribution is -2.00. The van der Waals surface area contributed by atoms with Crippen LogP contribution in [0.4, 0.5) is 17.6 Å². The minimum Gasteiger partial charge on any atom is -0.253 e. The smallest absolute Gasteiger partial charge is 0.199 e. The van der Waals surface area contributed by atoms with Gasteiger partial charge in [-0.25, -0.2) is 17.6 Å². The Morgan fingerprint density at radius 2 is 1.56 bits per heavy atom. The molecule has 0 aliphatic carbocycles. The average molecular weight is 250 g/mol. The van der Waals surface area contributed by atoms with E-state index in [0.29, 0.717) is 5.56 Å². The van der Waals surface area contributed by atoms with Crippen molar-refractivity contribution >= 4 is 22.5 Å². The lowest BCUT2D eigenvalue weighted by molar-refractivity contribution is 0.417. The molecule has 0 spiro atoms. The highest BCUT2D eigenvalue weighted by atomic mass is 35.5. The van der Waals surface area contributed by atoms with Crippen molar-refractivity contribution in [2.45, 2.75) is 6.92 Å². The van der Waals surface area contributed by atoms with Crippen LogP contribution in [-0.2, 0) is 0 Å². The van der Waals surface area contributed by atoms with Crippen molar-refractivity contribution in [1.29, 1.82) is 0 Å². The van der Waals surface area contributed by atoms with Gasteiger partial charge in [-0.2, -0.15) is 0 Å². The van der Waals surface area contributed by atoms with E-state index in [-0.39, 0.29) is 5.02 Å². The number of benzene rings is 1. The minimum absolute atomic E-state index is 0.180. The van der Waals surface area contributed by atoms with Crippen LogP contribution in [0.15, 0.2) is 6.20 Å². The molecule has 0 aliphatic heterocycles. The van der Waals surface area contributed by atoms with Crippen LogP contribution in [0.2, 0.25) is 5.02 Å². The van der Waals surface area contributed by atoms with Gasteiger partial charge in [0, 0.05) is 6.20 Å². The van der Waals surface area contributed by atoms with Gasteiger partial charge in [-0.1, -0.05) is 11.6 Å². The van der Waals surface area contributed by atoms with Crippen LogP contribution in [0.3, 0.4) is 0 Å². The van der Waals surface area contributed by atoms with Crippen molar-refractivity contribution < 1.29 is 17.6 Å². The highest BCUT2D eigenvalue weighted by Gasteiger charge is 2.23. The third-order valence-electron chi connectivity index (χ3n) is 2.20. The zero-order valence-corrected chi connectivity index (χ0v) is 8.67. The number of hydrogen-bond donors (Lipinski definition) is 0. The Morgan fingerprint density at radius 3 is 2.19 bits per heavy atom. The molecule has 0 bridgehead atoms. The first-order valence-electron chi connectivity index (χ1n) is 4.22. The molecule has 2 rings (SSSR count). The summed E-state index contributed by atoms with van der Waals surface area (Å²) < 4.78 is 52.5. The van der Waals surface area contributed by atoms with E-state index in [1.807, 2.05) is 0 Å². The van der Waals surface area contributed by atoms with Crippen LogP contribution in [0, 0.1) is 30.2 Å². The number of aryl methyl sites for hydroxylation is 1. The molecule has 0 atom stereocenters. The number of halogens is 5. The molecule has 16 heavy (non-hydrogen) atoms. The van der Waals surface area contributed by atoms with E-state index >= 15 is 0 Å².